The molecule has 0 saturated heterocycles. The third-order valence-electron chi connectivity index (χ3n) is 4.06. The molecule has 0 radical (unpaired) electrons. The molecule has 0 unspecified atom stereocenters. The molecule has 3 rings (SSSR count). The molecule has 2 N–H and O–H groups in total. The Morgan fingerprint density at radius 2 is 1.97 bits per heavy atom. The first-order chi connectivity index (χ1) is 14.0. The third-order valence-corrected chi connectivity index (χ3v) is 4.30. The first kappa shape index (κ1) is 21.4. The highest BCUT2D eigenvalue weighted by atomic mass is 35.5. The van der Waals surface area contributed by atoms with Crippen molar-refractivity contribution in [2.45, 2.75) is 6.18 Å². The first-order valence-corrected chi connectivity index (χ1v) is 8.54. The van der Waals surface area contributed by atoms with Crippen LogP contribution in [0.3, 0.4) is 0 Å². The lowest BCUT2D eigenvalue weighted by Gasteiger charge is -2.24. The van der Waals surface area contributed by atoms with Crippen LogP contribution in [0.4, 0.5) is 28.9 Å². The largest absolute Gasteiger partial charge is 0.481 e. The van der Waals surface area contributed by atoms with E-state index in [0.717, 1.165) is 7.05 Å². The Labute approximate surface area is 168 Å². The molecule has 0 fully saturated rings. The molecule has 0 bridgehead atoms. The number of aromatic nitrogens is 2. The lowest BCUT2D eigenvalue weighted by molar-refractivity contribution is -0.144. The lowest BCUT2D eigenvalue weighted by atomic mass is 10.1. The smallest absolute Gasteiger partial charge is 0.431 e. The molecule has 2 heterocycles. The first-order valence-electron chi connectivity index (χ1n) is 8.01. The van der Waals surface area contributed by atoms with Gasteiger partial charge in [-0.15, -0.1) is 11.6 Å². The van der Waals surface area contributed by atoms with Crippen LogP contribution in [0, 0.1) is 5.82 Å². The summed E-state index contributed by atoms with van der Waals surface area (Å²) >= 11 is 5.43. The van der Waals surface area contributed by atoms with Gasteiger partial charge in [-0.2, -0.15) is 13.2 Å². The monoisotopic (exact) mass is 450 g/mol. The van der Waals surface area contributed by atoms with Crippen molar-refractivity contribution in [1.29, 1.82) is 0 Å². The zero-order valence-corrected chi connectivity index (χ0v) is 15.7. The molecule has 2 amide bonds. The summed E-state index contributed by atoms with van der Waals surface area (Å²) in [6.07, 6.45) is -5.03. The van der Waals surface area contributed by atoms with E-state index in [1.54, 1.807) is 0 Å². The summed E-state index contributed by atoms with van der Waals surface area (Å²) in [4.78, 5) is 48.4. The average molecular weight is 451 g/mol. The Morgan fingerprint density at radius 3 is 2.57 bits per heavy atom. The van der Waals surface area contributed by atoms with Crippen LogP contribution in [0.1, 0.15) is 5.69 Å². The zero-order valence-electron chi connectivity index (χ0n) is 14.9. The van der Waals surface area contributed by atoms with E-state index >= 15 is 0 Å². The van der Waals surface area contributed by atoms with Crippen molar-refractivity contribution in [3.05, 3.63) is 44.5 Å². The quantitative estimate of drug-likeness (QED) is 0.539. The number of ether oxygens (including phenoxy) is 1. The van der Waals surface area contributed by atoms with Crippen molar-refractivity contribution in [3.63, 3.8) is 0 Å². The van der Waals surface area contributed by atoms with E-state index in [4.69, 9.17) is 16.3 Å². The van der Waals surface area contributed by atoms with E-state index in [1.807, 2.05) is 0 Å². The van der Waals surface area contributed by atoms with E-state index < -0.39 is 64.6 Å². The van der Waals surface area contributed by atoms with Crippen molar-refractivity contribution < 1.29 is 31.9 Å². The van der Waals surface area contributed by atoms with Crippen LogP contribution in [0.5, 0.6) is 5.75 Å². The average Bonchev–Trinajstić information content (AvgIpc) is 2.66. The standard InChI is InChI=1S/C16H11ClF4N4O5/c1-24-8(16(19,20)21)3-11(28)25(15(24)29)14-6(18)2-7-12(23-10(27)5-30-7)13(14)22-9(26)4-17/h2-3H,4-5H2,1H3,(H,22,26)(H,23,27). The Morgan fingerprint density at radius 1 is 1.30 bits per heavy atom. The van der Waals surface area contributed by atoms with Gasteiger partial charge in [0.1, 0.15) is 28.7 Å². The maximum Gasteiger partial charge on any atom is 0.431 e. The van der Waals surface area contributed by atoms with Gasteiger partial charge < -0.3 is 15.4 Å². The predicted molar refractivity (Wildman–Crippen MR) is 95.7 cm³/mol. The van der Waals surface area contributed by atoms with Gasteiger partial charge in [-0.25, -0.2) is 13.8 Å². The molecule has 1 aromatic heterocycles. The molecular formula is C16H11ClF4N4O5. The van der Waals surface area contributed by atoms with Crippen LogP contribution in [0.15, 0.2) is 21.7 Å². The van der Waals surface area contributed by atoms with Gasteiger partial charge in [0, 0.05) is 19.2 Å². The molecule has 9 nitrogen and oxygen atoms in total. The van der Waals surface area contributed by atoms with Gasteiger partial charge in [0.05, 0.1) is 5.69 Å². The Kier molecular flexibility index (Phi) is 5.33. The number of alkyl halides is 4. The molecule has 0 atom stereocenters. The lowest BCUT2D eigenvalue weighted by Crippen LogP contribution is -2.41. The van der Waals surface area contributed by atoms with E-state index in [1.165, 1.54) is 0 Å². The number of halogens is 5. The van der Waals surface area contributed by atoms with Crippen LogP contribution in [-0.4, -0.2) is 33.4 Å². The summed E-state index contributed by atoms with van der Waals surface area (Å²) in [6, 6.07) is 0.812. The summed E-state index contributed by atoms with van der Waals surface area (Å²) in [7, 11) is 0.735. The third kappa shape index (κ3) is 3.63. The fourth-order valence-corrected chi connectivity index (χ4v) is 2.86. The topological polar surface area (TPSA) is 111 Å². The molecule has 0 saturated carbocycles. The van der Waals surface area contributed by atoms with E-state index in [0.29, 0.717) is 6.07 Å². The Bertz CT molecular complexity index is 1190. The summed E-state index contributed by atoms with van der Waals surface area (Å²) < 4.78 is 59.4. The van der Waals surface area contributed by atoms with Crippen LogP contribution in [0.25, 0.3) is 5.69 Å². The van der Waals surface area contributed by atoms with Gasteiger partial charge in [0.2, 0.25) is 5.91 Å². The van der Waals surface area contributed by atoms with Crippen molar-refractivity contribution >= 4 is 34.8 Å². The molecule has 0 aliphatic carbocycles. The maximum atomic E-state index is 14.9. The molecular weight excluding hydrogens is 440 g/mol. The van der Waals surface area contributed by atoms with Crippen molar-refractivity contribution in [2.75, 3.05) is 23.1 Å². The van der Waals surface area contributed by atoms with Gasteiger partial charge >= 0.3 is 11.9 Å². The minimum atomic E-state index is -5.03. The van der Waals surface area contributed by atoms with Crippen LogP contribution in [-0.2, 0) is 22.8 Å². The van der Waals surface area contributed by atoms with E-state index in [-0.39, 0.29) is 26.6 Å². The van der Waals surface area contributed by atoms with Gasteiger partial charge in [-0.05, 0) is 0 Å². The number of carbonyl (C=O) groups is 2. The Hall–Kier alpha value is -3.35. The number of benzene rings is 1. The number of nitrogens with zero attached hydrogens (tertiary/aromatic N) is 2. The number of hydrogen-bond donors (Lipinski definition) is 2. The Balaban J connectivity index is 2.40. The fraction of sp³-hybridized carbons (Fsp3) is 0.250. The van der Waals surface area contributed by atoms with Crippen molar-refractivity contribution in [3.8, 4) is 11.4 Å². The van der Waals surface area contributed by atoms with E-state index in [9.17, 15) is 36.7 Å². The SMILES string of the molecule is Cn1c(C(F)(F)F)cc(=O)n(-c2c(F)cc3c(c2NC(=O)CCl)NC(=O)CO3)c1=O. The minimum absolute atomic E-state index is 0.0927. The maximum absolute atomic E-state index is 14.9. The van der Waals surface area contributed by atoms with Crippen LogP contribution >= 0.6 is 11.6 Å². The molecule has 1 aromatic carbocycles. The molecule has 1 aliphatic rings. The molecule has 14 heteroatoms. The van der Waals surface area contributed by atoms with Crippen LogP contribution < -0.4 is 26.6 Å². The number of hydrogen-bond acceptors (Lipinski definition) is 5. The number of nitrogens with one attached hydrogen (secondary N) is 2. The zero-order chi connectivity index (χ0) is 22.4. The normalized spacial score (nSPS) is 13.3. The number of carbonyl (C=O) groups excluding carboxylic acids is 2. The summed E-state index contributed by atoms with van der Waals surface area (Å²) in [5, 5.41) is 4.42. The van der Waals surface area contributed by atoms with Gasteiger partial charge in [-0.1, -0.05) is 0 Å². The molecule has 160 valence electrons. The van der Waals surface area contributed by atoms with Gasteiger partial charge in [-0.3, -0.25) is 19.0 Å². The van der Waals surface area contributed by atoms with Crippen LogP contribution in [0.2, 0.25) is 0 Å². The number of anilines is 2. The number of fused-ring (bicyclic) bond motifs is 1. The van der Waals surface area contributed by atoms with E-state index in [2.05, 4.69) is 10.6 Å². The molecule has 1 aliphatic heterocycles. The van der Waals surface area contributed by atoms with Crippen molar-refractivity contribution in [1.82, 2.24) is 9.13 Å². The molecule has 0 spiro atoms. The molecule has 2 aromatic rings. The second kappa shape index (κ2) is 7.48. The second-order valence-corrected chi connectivity index (χ2v) is 6.28. The van der Waals surface area contributed by atoms with Crippen molar-refractivity contribution in [2.24, 2.45) is 7.05 Å². The predicted octanol–water partition coefficient (Wildman–Crippen LogP) is 1.20. The highest BCUT2D eigenvalue weighted by Gasteiger charge is 2.36. The second-order valence-electron chi connectivity index (χ2n) is 6.02. The number of rotatable bonds is 3. The summed E-state index contributed by atoms with van der Waals surface area (Å²) in [5.74, 6) is -3.76. The number of amides is 2. The fourth-order valence-electron chi connectivity index (χ4n) is 2.79. The van der Waals surface area contributed by atoms with Gasteiger partial charge in [0.25, 0.3) is 11.5 Å². The minimum Gasteiger partial charge on any atom is -0.481 e. The highest BCUT2D eigenvalue weighted by molar-refractivity contribution is 6.29. The van der Waals surface area contributed by atoms with Gasteiger partial charge in [0.15, 0.2) is 12.4 Å². The summed E-state index contributed by atoms with van der Waals surface area (Å²) in [5.41, 5.74) is -6.39. The highest BCUT2D eigenvalue weighted by Crippen LogP contribution is 2.41. The molecule has 30 heavy (non-hydrogen) atoms. The summed E-state index contributed by atoms with van der Waals surface area (Å²) in [6.45, 7) is -0.476.